The van der Waals surface area contributed by atoms with Crippen LogP contribution in [0.15, 0.2) is 12.4 Å². The van der Waals surface area contributed by atoms with E-state index in [0.29, 0.717) is 13.0 Å². The summed E-state index contributed by atoms with van der Waals surface area (Å²) >= 11 is 4.24. The lowest BCUT2D eigenvalue weighted by atomic mass is 10.3. The maximum atomic E-state index is 11.7. The molecule has 0 saturated carbocycles. The summed E-state index contributed by atoms with van der Waals surface area (Å²) in [6, 6.07) is 0. The van der Waals surface area contributed by atoms with Gasteiger partial charge in [0, 0.05) is 30.6 Å². The van der Waals surface area contributed by atoms with Gasteiger partial charge in [-0.05, 0) is 0 Å². The Morgan fingerprint density at radius 1 is 1.53 bits per heavy atom. The molecule has 1 saturated heterocycles. The fourth-order valence-corrected chi connectivity index (χ4v) is 1.98. The molecule has 6 nitrogen and oxygen atoms in total. The average molecular weight is 253 g/mol. The van der Waals surface area contributed by atoms with Gasteiger partial charge in [-0.1, -0.05) is 0 Å². The number of anilines is 1. The maximum absolute atomic E-state index is 11.7. The molecule has 1 aromatic heterocycles. The van der Waals surface area contributed by atoms with E-state index < -0.39 is 5.97 Å². The molecule has 1 unspecified atom stereocenters. The standard InChI is InChI=1S/C10H11N3O3S/c1-16-10(15)8-9(12-3-2-11-8)13-5-6(17)4-7(13)14/h2-3,6,17H,4-5H2,1H3. The van der Waals surface area contributed by atoms with Crippen molar-refractivity contribution in [1.82, 2.24) is 9.97 Å². The highest BCUT2D eigenvalue weighted by molar-refractivity contribution is 7.81. The largest absolute Gasteiger partial charge is 0.464 e. The molecule has 7 heteroatoms. The third-order valence-corrected chi connectivity index (χ3v) is 2.76. The second kappa shape index (κ2) is 4.70. The van der Waals surface area contributed by atoms with Crippen LogP contribution < -0.4 is 4.90 Å². The van der Waals surface area contributed by atoms with Crippen LogP contribution in [0.3, 0.4) is 0 Å². The van der Waals surface area contributed by atoms with E-state index in [-0.39, 0.29) is 22.7 Å². The minimum Gasteiger partial charge on any atom is -0.464 e. The second-order valence-electron chi connectivity index (χ2n) is 3.58. The van der Waals surface area contributed by atoms with Gasteiger partial charge in [0.2, 0.25) is 5.91 Å². The van der Waals surface area contributed by atoms with Gasteiger partial charge < -0.3 is 4.74 Å². The number of ether oxygens (including phenoxy) is 1. The number of hydrogen-bond acceptors (Lipinski definition) is 6. The van der Waals surface area contributed by atoms with E-state index in [9.17, 15) is 9.59 Å². The van der Waals surface area contributed by atoms with Gasteiger partial charge in [0.15, 0.2) is 11.5 Å². The Kier molecular flexibility index (Phi) is 3.28. The van der Waals surface area contributed by atoms with Crippen LogP contribution in [0.2, 0.25) is 0 Å². The first-order chi connectivity index (χ1) is 8.13. The van der Waals surface area contributed by atoms with Gasteiger partial charge in [0.05, 0.1) is 7.11 Å². The van der Waals surface area contributed by atoms with Crippen molar-refractivity contribution in [2.45, 2.75) is 11.7 Å². The number of methoxy groups -OCH3 is 1. The summed E-state index contributed by atoms with van der Waals surface area (Å²) in [5.41, 5.74) is 0.0470. The summed E-state index contributed by atoms with van der Waals surface area (Å²) < 4.78 is 4.60. The fourth-order valence-electron chi connectivity index (χ4n) is 1.66. The third kappa shape index (κ3) is 2.23. The van der Waals surface area contributed by atoms with Crippen LogP contribution in [0.1, 0.15) is 16.9 Å². The molecule has 0 spiro atoms. The van der Waals surface area contributed by atoms with Crippen LogP contribution in [0.5, 0.6) is 0 Å². The first-order valence-electron chi connectivity index (χ1n) is 5.01. The summed E-state index contributed by atoms with van der Waals surface area (Å²) in [5, 5.41) is -0.0463. The third-order valence-electron chi connectivity index (χ3n) is 2.42. The van der Waals surface area contributed by atoms with E-state index in [1.54, 1.807) is 0 Å². The van der Waals surface area contributed by atoms with E-state index in [1.165, 1.54) is 24.4 Å². The molecule has 1 fully saturated rings. The zero-order valence-corrected chi connectivity index (χ0v) is 10.1. The molecule has 0 aliphatic carbocycles. The minimum absolute atomic E-state index is 0.0463. The van der Waals surface area contributed by atoms with Gasteiger partial charge in [-0.25, -0.2) is 14.8 Å². The number of esters is 1. The van der Waals surface area contributed by atoms with Crippen molar-refractivity contribution >= 4 is 30.3 Å². The van der Waals surface area contributed by atoms with Gasteiger partial charge >= 0.3 is 5.97 Å². The maximum Gasteiger partial charge on any atom is 0.360 e. The van der Waals surface area contributed by atoms with Crippen molar-refractivity contribution in [3.63, 3.8) is 0 Å². The lowest BCUT2D eigenvalue weighted by Gasteiger charge is -2.16. The van der Waals surface area contributed by atoms with Crippen LogP contribution in [-0.2, 0) is 9.53 Å². The average Bonchev–Trinajstić information content (AvgIpc) is 2.67. The number of rotatable bonds is 2. The molecule has 0 radical (unpaired) electrons. The van der Waals surface area contributed by atoms with Gasteiger partial charge in [-0.3, -0.25) is 9.69 Å². The molecular weight excluding hydrogens is 242 g/mol. The molecule has 2 rings (SSSR count). The summed E-state index contributed by atoms with van der Waals surface area (Å²) in [6.45, 7) is 0.421. The molecule has 0 aromatic carbocycles. The number of thiol groups is 1. The highest BCUT2D eigenvalue weighted by atomic mass is 32.1. The molecule has 90 valence electrons. The Labute approximate surface area is 103 Å². The van der Waals surface area contributed by atoms with E-state index in [0.717, 1.165) is 0 Å². The predicted octanol–water partition coefficient (Wildman–Crippen LogP) is 0.298. The first-order valence-corrected chi connectivity index (χ1v) is 5.53. The zero-order valence-electron chi connectivity index (χ0n) is 9.16. The Balaban J connectivity index is 2.38. The van der Waals surface area contributed by atoms with Crippen molar-refractivity contribution in [2.24, 2.45) is 0 Å². The van der Waals surface area contributed by atoms with Crippen molar-refractivity contribution in [3.05, 3.63) is 18.1 Å². The number of nitrogens with zero attached hydrogens (tertiary/aromatic N) is 3. The van der Waals surface area contributed by atoms with Gasteiger partial charge in [0.25, 0.3) is 0 Å². The predicted molar refractivity (Wildman–Crippen MR) is 63.1 cm³/mol. The topological polar surface area (TPSA) is 72.4 Å². The van der Waals surface area contributed by atoms with Crippen LogP contribution in [-0.4, -0.2) is 40.7 Å². The highest BCUT2D eigenvalue weighted by Crippen LogP contribution is 2.24. The van der Waals surface area contributed by atoms with E-state index in [4.69, 9.17) is 0 Å². The summed E-state index contributed by atoms with van der Waals surface area (Å²) in [6.07, 6.45) is 3.15. The van der Waals surface area contributed by atoms with Gasteiger partial charge in [-0.2, -0.15) is 12.6 Å². The first kappa shape index (κ1) is 11.8. The summed E-state index contributed by atoms with van der Waals surface area (Å²) in [7, 11) is 1.26. The smallest absolute Gasteiger partial charge is 0.360 e. The number of carbonyl (C=O) groups excluding carboxylic acids is 2. The quantitative estimate of drug-likeness (QED) is 0.606. The number of hydrogen-bond donors (Lipinski definition) is 1. The second-order valence-corrected chi connectivity index (χ2v) is 4.31. The SMILES string of the molecule is COC(=O)c1nccnc1N1CC(S)CC1=O. The van der Waals surface area contributed by atoms with Crippen LogP contribution in [0, 0.1) is 0 Å². The van der Waals surface area contributed by atoms with E-state index in [2.05, 4.69) is 27.3 Å². The number of aromatic nitrogens is 2. The molecule has 1 aliphatic heterocycles. The Morgan fingerprint density at radius 2 is 2.24 bits per heavy atom. The minimum atomic E-state index is -0.608. The summed E-state index contributed by atoms with van der Waals surface area (Å²) in [4.78, 5) is 32.5. The molecule has 0 N–H and O–H groups in total. The Hall–Kier alpha value is -1.63. The van der Waals surface area contributed by atoms with Crippen molar-refractivity contribution in [1.29, 1.82) is 0 Å². The van der Waals surface area contributed by atoms with Crippen LogP contribution >= 0.6 is 12.6 Å². The Bertz CT molecular complexity index is 466. The highest BCUT2D eigenvalue weighted by Gasteiger charge is 2.32. The molecule has 17 heavy (non-hydrogen) atoms. The van der Waals surface area contributed by atoms with Crippen molar-refractivity contribution < 1.29 is 14.3 Å². The van der Waals surface area contributed by atoms with E-state index >= 15 is 0 Å². The molecule has 0 bridgehead atoms. The molecular formula is C10H11N3O3S. The Morgan fingerprint density at radius 3 is 2.82 bits per heavy atom. The molecule has 1 amide bonds. The zero-order chi connectivity index (χ0) is 12.4. The monoisotopic (exact) mass is 253 g/mol. The van der Waals surface area contributed by atoms with Crippen LogP contribution in [0.25, 0.3) is 0 Å². The van der Waals surface area contributed by atoms with Crippen LogP contribution in [0.4, 0.5) is 5.82 Å². The van der Waals surface area contributed by atoms with Gasteiger partial charge in [-0.15, -0.1) is 0 Å². The molecule has 1 aromatic rings. The lowest BCUT2D eigenvalue weighted by Crippen LogP contribution is -2.28. The number of amides is 1. The molecule has 2 heterocycles. The number of carbonyl (C=O) groups is 2. The van der Waals surface area contributed by atoms with Gasteiger partial charge in [0.1, 0.15) is 0 Å². The molecule has 1 atom stereocenters. The normalized spacial score (nSPS) is 19.5. The molecule has 1 aliphatic rings. The fraction of sp³-hybridized carbons (Fsp3) is 0.400. The van der Waals surface area contributed by atoms with Crippen molar-refractivity contribution in [2.75, 3.05) is 18.6 Å². The summed E-state index contributed by atoms with van der Waals surface area (Å²) in [5.74, 6) is -0.486. The van der Waals surface area contributed by atoms with E-state index in [1.807, 2.05) is 0 Å². The lowest BCUT2D eigenvalue weighted by molar-refractivity contribution is -0.117. The van der Waals surface area contributed by atoms with Crippen molar-refractivity contribution in [3.8, 4) is 0 Å².